The molecular formula is C21H20ClF2N7O2S. The molecule has 4 rings (SSSR count). The first-order chi connectivity index (χ1) is 16.1. The lowest BCUT2D eigenvalue weighted by Crippen LogP contribution is -2.17. The van der Waals surface area contributed by atoms with Gasteiger partial charge in [0.15, 0.2) is 5.69 Å². The highest BCUT2D eigenvalue weighted by Crippen LogP contribution is 2.43. The van der Waals surface area contributed by atoms with Gasteiger partial charge in [-0.1, -0.05) is 11.6 Å². The second-order valence-corrected chi connectivity index (χ2v) is 8.77. The molecule has 9 nitrogen and oxygen atoms in total. The van der Waals surface area contributed by atoms with Gasteiger partial charge in [-0.2, -0.15) is 10.2 Å². The van der Waals surface area contributed by atoms with E-state index in [0.717, 1.165) is 11.3 Å². The topological polar surface area (TPSA) is 121 Å². The van der Waals surface area contributed by atoms with E-state index in [1.807, 2.05) is 13.8 Å². The van der Waals surface area contributed by atoms with Gasteiger partial charge in [0, 0.05) is 36.4 Å². The van der Waals surface area contributed by atoms with Gasteiger partial charge in [-0.15, -0.1) is 11.3 Å². The minimum absolute atomic E-state index is 0.0323. The number of carbonyl (C=O) groups excluding carboxylic acids is 2. The van der Waals surface area contributed by atoms with Crippen LogP contribution >= 0.6 is 22.9 Å². The summed E-state index contributed by atoms with van der Waals surface area (Å²) >= 11 is 6.98. The van der Waals surface area contributed by atoms with Gasteiger partial charge in [0.1, 0.15) is 15.4 Å². The van der Waals surface area contributed by atoms with E-state index in [0.29, 0.717) is 35.3 Å². The quantitative estimate of drug-likeness (QED) is 0.377. The number of nitrogens with one attached hydrogen (secondary N) is 1. The number of primary amides is 1. The summed E-state index contributed by atoms with van der Waals surface area (Å²) in [6.07, 6.45) is 0.368. The monoisotopic (exact) mass is 507 g/mol. The van der Waals surface area contributed by atoms with E-state index in [1.165, 1.54) is 16.9 Å². The van der Waals surface area contributed by atoms with Crippen molar-refractivity contribution in [1.82, 2.24) is 24.5 Å². The van der Waals surface area contributed by atoms with Crippen molar-refractivity contribution >= 4 is 50.7 Å². The van der Waals surface area contributed by atoms with Gasteiger partial charge in [0.05, 0.1) is 16.4 Å². The van der Waals surface area contributed by atoms with E-state index >= 15 is 0 Å². The van der Waals surface area contributed by atoms with Gasteiger partial charge in [0.25, 0.3) is 18.2 Å². The Hall–Kier alpha value is -3.38. The molecule has 34 heavy (non-hydrogen) atoms. The normalized spacial score (nSPS) is 11.5. The molecule has 0 aliphatic carbocycles. The molecule has 0 saturated heterocycles. The predicted octanol–water partition coefficient (Wildman–Crippen LogP) is 4.65. The summed E-state index contributed by atoms with van der Waals surface area (Å²) in [5, 5.41) is 11.6. The summed E-state index contributed by atoms with van der Waals surface area (Å²) in [4.78, 5) is 29.4. The van der Waals surface area contributed by atoms with E-state index < -0.39 is 23.9 Å². The molecule has 0 bridgehead atoms. The molecule has 2 amide bonds. The van der Waals surface area contributed by atoms with Crippen molar-refractivity contribution in [3.63, 3.8) is 0 Å². The predicted molar refractivity (Wildman–Crippen MR) is 126 cm³/mol. The van der Waals surface area contributed by atoms with E-state index in [2.05, 4.69) is 20.5 Å². The van der Waals surface area contributed by atoms with Crippen molar-refractivity contribution in [2.45, 2.75) is 40.3 Å². The molecule has 0 radical (unpaired) electrons. The molecule has 0 spiro atoms. The fourth-order valence-corrected chi connectivity index (χ4v) is 4.81. The van der Waals surface area contributed by atoms with E-state index in [9.17, 15) is 18.4 Å². The molecule has 0 unspecified atom stereocenters. The first-order valence-electron chi connectivity index (χ1n) is 10.3. The van der Waals surface area contributed by atoms with Crippen LogP contribution in [0.4, 0.5) is 14.5 Å². The molecule has 178 valence electrons. The average Bonchev–Trinajstić information content (AvgIpc) is 3.47. The Kier molecular flexibility index (Phi) is 6.36. The molecule has 0 fully saturated rings. The number of anilines is 1. The summed E-state index contributed by atoms with van der Waals surface area (Å²) in [5.41, 5.74) is 6.62. The van der Waals surface area contributed by atoms with Crippen LogP contribution in [0.15, 0.2) is 18.5 Å². The van der Waals surface area contributed by atoms with Crippen LogP contribution in [0.3, 0.4) is 0 Å². The summed E-state index contributed by atoms with van der Waals surface area (Å²) in [6, 6.07) is 1.24. The van der Waals surface area contributed by atoms with Crippen LogP contribution in [0, 0.1) is 6.92 Å². The largest absolute Gasteiger partial charge is 0.365 e. The van der Waals surface area contributed by atoms with Gasteiger partial charge in [0.2, 0.25) is 0 Å². The van der Waals surface area contributed by atoms with Crippen LogP contribution in [-0.4, -0.2) is 36.4 Å². The van der Waals surface area contributed by atoms with Crippen molar-refractivity contribution in [2.24, 2.45) is 5.73 Å². The number of nitrogens with two attached hydrogens (primary N) is 1. The Morgan fingerprint density at radius 2 is 1.85 bits per heavy atom. The Labute approximate surface area is 201 Å². The number of halogens is 3. The number of fused-ring (bicyclic) bond motifs is 1. The zero-order chi connectivity index (χ0) is 24.7. The number of hydrogen-bond acceptors (Lipinski definition) is 6. The molecule has 0 atom stereocenters. The number of carbonyl (C=O) groups is 2. The molecular weight excluding hydrogens is 488 g/mol. The van der Waals surface area contributed by atoms with Crippen molar-refractivity contribution in [3.05, 3.63) is 45.4 Å². The van der Waals surface area contributed by atoms with Gasteiger partial charge < -0.3 is 11.1 Å². The Morgan fingerprint density at radius 3 is 2.41 bits per heavy atom. The first-order valence-corrected chi connectivity index (χ1v) is 11.5. The lowest BCUT2D eigenvalue weighted by atomic mass is 10.0. The van der Waals surface area contributed by atoms with E-state index in [4.69, 9.17) is 17.3 Å². The Bertz CT molecular complexity index is 1430. The molecule has 4 aromatic rings. The fraction of sp³-hybridized carbons (Fsp3) is 0.286. The third-order valence-corrected chi connectivity index (χ3v) is 6.56. The highest BCUT2D eigenvalue weighted by atomic mass is 35.5. The molecule has 3 N–H and O–H groups in total. The molecule has 0 aliphatic heterocycles. The number of amides is 2. The zero-order valence-corrected chi connectivity index (χ0v) is 20.0. The SMILES string of the molecule is CCn1cc(-c2cc(C(F)F)nc3sc(C(N)=O)c(NC(=O)c4nn(CC)cc4Cl)c23)c(C)n1. The fourth-order valence-electron chi connectivity index (χ4n) is 3.56. The van der Waals surface area contributed by atoms with Gasteiger partial charge in [-0.25, -0.2) is 13.8 Å². The van der Waals surface area contributed by atoms with Crippen molar-refractivity contribution < 1.29 is 18.4 Å². The standard InChI is InChI=1S/C21H20ClF2N7O2S/c1-4-30-7-11(9(3)28-30)10-6-13(18(23)24)26-21-14(10)16(17(34-21)19(25)32)27-20(33)15-12(22)8-31(5-2)29-15/h6-8,18H,4-5H2,1-3H3,(H2,25,32)(H,27,33). The van der Waals surface area contributed by atoms with Crippen molar-refractivity contribution in [3.8, 4) is 11.1 Å². The third kappa shape index (κ3) is 4.14. The smallest absolute Gasteiger partial charge is 0.280 e. The third-order valence-electron chi connectivity index (χ3n) is 5.18. The molecule has 4 heterocycles. The minimum atomic E-state index is -2.85. The molecule has 4 aromatic heterocycles. The summed E-state index contributed by atoms with van der Waals surface area (Å²) in [5.74, 6) is -1.52. The average molecular weight is 508 g/mol. The number of pyridine rings is 1. The highest BCUT2D eigenvalue weighted by Gasteiger charge is 2.27. The lowest BCUT2D eigenvalue weighted by molar-refractivity contribution is 0.100. The molecule has 0 aromatic carbocycles. The maximum Gasteiger partial charge on any atom is 0.280 e. The van der Waals surface area contributed by atoms with Gasteiger partial charge in [-0.3, -0.25) is 19.0 Å². The van der Waals surface area contributed by atoms with Crippen molar-refractivity contribution in [1.29, 1.82) is 0 Å². The van der Waals surface area contributed by atoms with Gasteiger partial charge in [-0.05, 0) is 32.4 Å². The van der Waals surface area contributed by atoms with E-state index in [-0.39, 0.29) is 26.1 Å². The van der Waals surface area contributed by atoms with Crippen LogP contribution in [-0.2, 0) is 13.1 Å². The number of aromatic nitrogens is 5. The molecule has 0 aliphatic rings. The van der Waals surface area contributed by atoms with Crippen molar-refractivity contribution in [2.75, 3.05) is 5.32 Å². The minimum Gasteiger partial charge on any atom is -0.365 e. The second kappa shape index (κ2) is 9.11. The van der Waals surface area contributed by atoms with E-state index in [1.54, 1.807) is 17.8 Å². The lowest BCUT2D eigenvalue weighted by Gasteiger charge is -2.10. The number of hydrogen-bond donors (Lipinski definition) is 2. The number of alkyl halides is 2. The number of aryl methyl sites for hydroxylation is 3. The second-order valence-electron chi connectivity index (χ2n) is 7.37. The molecule has 13 heteroatoms. The van der Waals surface area contributed by atoms with Crippen LogP contribution in [0.2, 0.25) is 5.02 Å². The van der Waals surface area contributed by atoms with Crippen LogP contribution in [0.1, 0.15) is 51.8 Å². The number of rotatable bonds is 7. The number of nitrogens with zero attached hydrogens (tertiary/aromatic N) is 5. The summed E-state index contributed by atoms with van der Waals surface area (Å²) < 4.78 is 30.5. The van der Waals surface area contributed by atoms with Gasteiger partial charge >= 0.3 is 0 Å². The van der Waals surface area contributed by atoms with Crippen LogP contribution in [0.25, 0.3) is 21.3 Å². The number of thiophene rings is 1. The maximum absolute atomic E-state index is 13.7. The maximum atomic E-state index is 13.7. The van der Waals surface area contributed by atoms with Crippen LogP contribution < -0.4 is 11.1 Å². The Morgan fingerprint density at radius 1 is 1.18 bits per heavy atom. The van der Waals surface area contributed by atoms with Crippen LogP contribution in [0.5, 0.6) is 0 Å². The summed E-state index contributed by atoms with van der Waals surface area (Å²) in [7, 11) is 0. The molecule has 0 saturated carbocycles. The summed E-state index contributed by atoms with van der Waals surface area (Å²) in [6.45, 7) is 6.53. The first kappa shape index (κ1) is 23.8. The highest BCUT2D eigenvalue weighted by molar-refractivity contribution is 7.21. The zero-order valence-electron chi connectivity index (χ0n) is 18.4. The Balaban J connectivity index is 1.97.